The van der Waals surface area contributed by atoms with Gasteiger partial charge in [0.25, 0.3) is 0 Å². The van der Waals surface area contributed by atoms with E-state index in [9.17, 15) is 0 Å². The highest BCUT2D eigenvalue weighted by Crippen LogP contribution is 2.33. The summed E-state index contributed by atoms with van der Waals surface area (Å²) >= 11 is 1.82. The van der Waals surface area contributed by atoms with E-state index >= 15 is 0 Å². The van der Waals surface area contributed by atoms with Crippen molar-refractivity contribution in [2.75, 3.05) is 6.61 Å². The lowest BCUT2D eigenvalue weighted by Crippen LogP contribution is -2.21. The second-order valence-electron chi connectivity index (χ2n) is 5.11. The Balaban J connectivity index is 1.71. The van der Waals surface area contributed by atoms with Crippen LogP contribution >= 0.6 is 11.3 Å². The predicted molar refractivity (Wildman–Crippen MR) is 69.3 cm³/mol. The number of fused-ring (bicyclic) bond motifs is 1. The van der Waals surface area contributed by atoms with Gasteiger partial charge in [0.05, 0.1) is 16.8 Å². The number of hydrogen-bond donors (Lipinski definition) is 1. The van der Waals surface area contributed by atoms with E-state index in [4.69, 9.17) is 15.5 Å². The zero-order valence-electron chi connectivity index (χ0n) is 10.2. The molecule has 1 aromatic heterocycles. The molecule has 1 aromatic rings. The molecule has 2 N–H and O–H groups in total. The minimum Gasteiger partial charge on any atom is -0.378 e. The third-order valence-corrected chi connectivity index (χ3v) is 4.97. The van der Waals surface area contributed by atoms with Gasteiger partial charge in [0.2, 0.25) is 0 Å². The van der Waals surface area contributed by atoms with Crippen LogP contribution < -0.4 is 5.73 Å². The molecule has 94 valence electrons. The summed E-state index contributed by atoms with van der Waals surface area (Å²) in [5.41, 5.74) is 7.40. The maximum absolute atomic E-state index is 6.13. The van der Waals surface area contributed by atoms with Crippen LogP contribution in [0.2, 0.25) is 0 Å². The van der Waals surface area contributed by atoms with Crippen LogP contribution in [0.1, 0.15) is 53.7 Å². The number of ether oxygens (including phenoxy) is 1. The quantitative estimate of drug-likeness (QED) is 0.880. The second kappa shape index (κ2) is 5.04. The lowest BCUT2D eigenvalue weighted by Gasteiger charge is -2.21. The van der Waals surface area contributed by atoms with Gasteiger partial charge in [-0.15, -0.1) is 11.3 Å². The normalized spacial score (nSPS) is 29.0. The molecule has 0 radical (unpaired) electrons. The highest BCUT2D eigenvalue weighted by molar-refractivity contribution is 7.11. The summed E-state index contributed by atoms with van der Waals surface area (Å²) in [5, 5.41) is 1.24. The molecule has 1 aliphatic heterocycles. The predicted octanol–water partition coefficient (Wildman–Crippen LogP) is 2.59. The molecule has 2 aliphatic rings. The monoisotopic (exact) mass is 252 g/mol. The summed E-state index contributed by atoms with van der Waals surface area (Å²) in [6.07, 6.45) is 8.52. The minimum atomic E-state index is 0.234. The third kappa shape index (κ3) is 2.54. The van der Waals surface area contributed by atoms with Gasteiger partial charge in [0.1, 0.15) is 0 Å². The molecule has 1 fully saturated rings. The van der Waals surface area contributed by atoms with E-state index in [-0.39, 0.29) is 6.04 Å². The molecule has 0 amide bonds. The molecule has 0 spiro atoms. The maximum Gasteiger partial charge on any atom is 0.0957 e. The van der Waals surface area contributed by atoms with Crippen LogP contribution in [0.25, 0.3) is 0 Å². The topological polar surface area (TPSA) is 48.1 Å². The first-order valence-electron chi connectivity index (χ1n) is 6.68. The van der Waals surface area contributed by atoms with Crippen molar-refractivity contribution < 1.29 is 4.74 Å². The Morgan fingerprint density at radius 2 is 2.24 bits per heavy atom. The van der Waals surface area contributed by atoms with Crippen molar-refractivity contribution in [1.29, 1.82) is 0 Å². The van der Waals surface area contributed by atoms with Gasteiger partial charge in [-0.3, -0.25) is 0 Å². The molecule has 2 unspecified atom stereocenters. The third-order valence-electron chi connectivity index (χ3n) is 3.71. The standard InChI is InChI=1S/C13H20N2OS/c14-10-5-3-6-11-13(10)17-12(15-11)8-9-4-1-2-7-16-9/h9-10H,1-8,14H2. The lowest BCUT2D eigenvalue weighted by molar-refractivity contribution is 0.0167. The maximum atomic E-state index is 6.13. The van der Waals surface area contributed by atoms with Gasteiger partial charge in [0.15, 0.2) is 0 Å². The molecule has 2 heterocycles. The van der Waals surface area contributed by atoms with E-state index < -0.39 is 0 Å². The molecule has 0 aromatic carbocycles. The van der Waals surface area contributed by atoms with Crippen molar-refractivity contribution in [3.05, 3.63) is 15.6 Å². The van der Waals surface area contributed by atoms with Crippen LogP contribution in [0.4, 0.5) is 0 Å². The van der Waals surface area contributed by atoms with Crippen molar-refractivity contribution in [2.45, 2.75) is 57.1 Å². The molecule has 4 heteroatoms. The molecule has 2 atom stereocenters. The van der Waals surface area contributed by atoms with E-state index in [1.165, 1.54) is 41.3 Å². The van der Waals surface area contributed by atoms with Gasteiger partial charge in [-0.05, 0) is 38.5 Å². The summed E-state index contributed by atoms with van der Waals surface area (Å²) in [6.45, 7) is 0.926. The molecule has 1 saturated heterocycles. The smallest absolute Gasteiger partial charge is 0.0957 e. The van der Waals surface area contributed by atoms with E-state index in [1.807, 2.05) is 11.3 Å². The Hall–Kier alpha value is -0.450. The second-order valence-corrected chi connectivity index (χ2v) is 6.23. The van der Waals surface area contributed by atoms with Crippen LogP contribution in [0.5, 0.6) is 0 Å². The van der Waals surface area contributed by atoms with E-state index in [1.54, 1.807) is 0 Å². The lowest BCUT2D eigenvalue weighted by atomic mass is 9.99. The molecule has 3 nitrogen and oxygen atoms in total. The van der Waals surface area contributed by atoms with Crippen molar-refractivity contribution in [3.63, 3.8) is 0 Å². The Bertz CT molecular complexity index is 385. The largest absolute Gasteiger partial charge is 0.378 e. The Morgan fingerprint density at radius 3 is 3.00 bits per heavy atom. The minimum absolute atomic E-state index is 0.234. The first-order valence-corrected chi connectivity index (χ1v) is 7.50. The van der Waals surface area contributed by atoms with Crippen LogP contribution in [0.3, 0.4) is 0 Å². The van der Waals surface area contributed by atoms with Gasteiger partial charge < -0.3 is 10.5 Å². The van der Waals surface area contributed by atoms with Gasteiger partial charge in [-0.2, -0.15) is 0 Å². The number of aromatic nitrogens is 1. The fourth-order valence-electron chi connectivity index (χ4n) is 2.75. The average molecular weight is 252 g/mol. The van der Waals surface area contributed by atoms with Gasteiger partial charge in [0, 0.05) is 23.9 Å². The van der Waals surface area contributed by atoms with Crippen LogP contribution in [-0.2, 0) is 17.6 Å². The Labute approximate surface area is 106 Å². The fraction of sp³-hybridized carbons (Fsp3) is 0.769. The Morgan fingerprint density at radius 1 is 1.29 bits per heavy atom. The zero-order chi connectivity index (χ0) is 11.7. The number of nitrogens with zero attached hydrogens (tertiary/aromatic N) is 1. The number of nitrogens with two attached hydrogens (primary N) is 1. The average Bonchev–Trinajstić information content (AvgIpc) is 2.74. The molecule has 0 saturated carbocycles. The summed E-state index contributed by atoms with van der Waals surface area (Å²) in [4.78, 5) is 6.09. The molecule has 1 aliphatic carbocycles. The zero-order valence-corrected chi connectivity index (χ0v) is 11.0. The van der Waals surface area contributed by atoms with Crippen LogP contribution in [0.15, 0.2) is 0 Å². The van der Waals surface area contributed by atoms with Crippen molar-refractivity contribution in [3.8, 4) is 0 Å². The number of rotatable bonds is 2. The van der Waals surface area contributed by atoms with Crippen molar-refractivity contribution in [2.24, 2.45) is 5.73 Å². The summed E-state index contributed by atoms with van der Waals surface area (Å²) in [5.74, 6) is 0. The fourth-order valence-corrected chi connectivity index (χ4v) is 3.97. The van der Waals surface area contributed by atoms with E-state index in [0.717, 1.165) is 25.9 Å². The SMILES string of the molecule is NC1CCCc2nc(CC3CCCCO3)sc21. The first kappa shape index (κ1) is 11.6. The molecular weight excluding hydrogens is 232 g/mol. The molecular formula is C13H20N2OS. The Kier molecular flexibility index (Phi) is 3.45. The van der Waals surface area contributed by atoms with E-state index in [0.29, 0.717) is 6.10 Å². The summed E-state index contributed by atoms with van der Waals surface area (Å²) < 4.78 is 5.78. The molecule has 17 heavy (non-hydrogen) atoms. The van der Waals surface area contributed by atoms with Gasteiger partial charge in [-0.25, -0.2) is 4.98 Å². The van der Waals surface area contributed by atoms with Gasteiger partial charge in [-0.1, -0.05) is 0 Å². The number of aryl methyl sites for hydroxylation is 1. The van der Waals surface area contributed by atoms with Crippen LogP contribution in [0, 0.1) is 0 Å². The number of hydrogen-bond acceptors (Lipinski definition) is 4. The van der Waals surface area contributed by atoms with Gasteiger partial charge >= 0.3 is 0 Å². The number of thiazole rings is 1. The summed E-state index contributed by atoms with van der Waals surface area (Å²) in [6, 6.07) is 0.234. The van der Waals surface area contributed by atoms with E-state index in [2.05, 4.69) is 0 Å². The molecule has 3 rings (SSSR count). The highest BCUT2D eigenvalue weighted by atomic mass is 32.1. The van der Waals surface area contributed by atoms with Crippen LogP contribution in [-0.4, -0.2) is 17.7 Å². The first-order chi connectivity index (χ1) is 8.33. The summed E-state index contributed by atoms with van der Waals surface area (Å²) in [7, 11) is 0. The molecule has 0 bridgehead atoms. The highest BCUT2D eigenvalue weighted by Gasteiger charge is 2.23. The van der Waals surface area contributed by atoms with Crippen molar-refractivity contribution >= 4 is 11.3 Å². The van der Waals surface area contributed by atoms with Crippen molar-refractivity contribution in [1.82, 2.24) is 4.98 Å².